The van der Waals surface area contributed by atoms with Crippen molar-refractivity contribution < 1.29 is 19.8 Å². The Kier molecular flexibility index (Phi) is 5.69. The minimum atomic E-state index is -0.993. The van der Waals surface area contributed by atoms with Gasteiger partial charge in [0, 0.05) is 16.9 Å². The molecule has 9 heteroatoms. The number of anilines is 2. The van der Waals surface area contributed by atoms with Gasteiger partial charge in [-0.3, -0.25) is 9.59 Å². The van der Waals surface area contributed by atoms with Crippen molar-refractivity contribution in [1.29, 1.82) is 0 Å². The number of thiophene rings is 1. The molecule has 3 aromatic rings. The second-order valence-electron chi connectivity index (χ2n) is 7.04. The predicted molar refractivity (Wildman–Crippen MR) is 115 cm³/mol. The highest BCUT2D eigenvalue weighted by atomic mass is 35.5. The molecule has 0 spiro atoms. The van der Waals surface area contributed by atoms with E-state index < -0.39 is 11.9 Å². The van der Waals surface area contributed by atoms with Gasteiger partial charge in [0.1, 0.15) is 5.82 Å². The fourth-order valence-corrected chi connectivity index (χ4v) is 4.55. The summed E-state index contributed by atoms with van der Waals surface area (Å²) < 4.78 is 0.654. The lowest BCUT2D eigenvalue weighted by Gasteiger charge is -2.15. The molecular formula is C21H18ClN3O4S. The maximum absolute atomic E-state index is 11.4. The molecule has 0 atom stereocenters. The van der Waals surface area contributed by atoms with E-state index in [1.807, 2.05) is 6.07 Å². The molecule has 0 saturated carbocycles. The molecule has 0 bridgehead atoms. The Morgan fingerprint density at radius 3 is 2.57 bits per heavy atom. The predicted octanol–water partition coefficient (Wildman–Crippen LogP) is 4.35. The first-order chi connectivity index (χ1) is 14.4. The third-order valence-corrected chi connectivity index (χ3v) is 6.07. The summed E-state index contributed by atoms with van der Waals surface area (Å²) in [4.78, 5) is 32.6. The minimum absolute atomic E-state index is 0.168. The zero-order valence-corrected chi connectivity index (χ0v) is 17.4. The number of hydrogen-bond donors (Lipinski definition) is 3. The van der Waals surface area contributed by atoms with Crippen LogP contribution in [-0.2, 0) is 35.3 Å². The summed E-state index contributed by atoms with van der Waals surface area (Å²) in [6.45, 7) is 0. The van der Waals surface area contributed by atoms with E-state index >= 15 is 0 Å². The number of aryl methyl sites for hydroxylation is 1. The number of halogens is 1. The van der Waals surface area contributed by atoms with Gasteiger partial charge in [0.05, 0.1) is 22.1 Å². The Bertz CT molecular complexity index is 1150. The lowest BCUT2D eigenvalue weighted by molar-refractivity contribution is -0.137. The molecule has 4 rings (SSSR count). The third kappa shape index (κ3) is 4.44. The Morgan fingerprint density at radius 2 is 1.87 bits per heavy atom. The van der Waals surface area contributed by atoms with Gasteiger partial charge >= 0.3 is 11.9 Å². The smallest absolute Gasteiger partial charge is 0.307 e. The van der Waals surface area contributed by atoms with Crippen molar-refractivity contribution in [2.75, 3.05) is 5.32 Å². The molecule has 1 aliphatic carbocycles. The third-order valence-electron chi connectivity index (χ3n) is 4.85. The van der Waals surface area contributed by atoms with E-state index in [2.05, 4.69) is 5.32 Å². The molecule has 30 heavy (non-hydrogen) atoms. The molecule has 0 amide bonds. The number of rotatable bonds is 7. The van der Waals surface area contributed by atoms with Crippen molar-refractivity contribution in [1.82, 2.24) is 9.97 Å². The standard InChI is InChI=1S/C21H18ClN3O4S/c22-17-7-6-16(30-17)21-24-15-3-1-2-13(15)20(25-21)23-14-5-4-11(9-18(26)27)8-12(14)10-19(28)29/h4-8H,1-3,9-10H2,(H,26,27)(H,28,29)(H,23,24,25). The molecule has 1 aliphatic rings. The van der Waals surface area contributed by atoms with Crippen LogP contribution in [0.4, 0.5) is 11.5 Å². The van der Waals surface area contributed by atoms with Crippen LogP contribution in [0.1, 0.15) is 28.8 Å². The van der Waals surface area contributed by atoms with E-state index in [1.165, 1.54) is 11.3 Å². The molecule has 2 aromatic heterocycles. The van der Waals surface area contributed by atoms with Crippen LogP contribution < -0.4 is 5.32 Å². The van der Waals surface area contributed by atoms with E-state index in [9.17, 15) is 14.7 Å². The Hall–Kier alpha value is -2.97. The van der Waals surface area contributed by atoms with Gasteiger partial charge in [-0.15, -0.1) is 11.3 Å². The maximum atomic E-state index is 11.4. The van der Waals surface area contributed by atoms with Gasteiger partial charge in [-0.2, -0.15) is 0 Å². The number of aliphatic carboxylic acids is 2. The number of carboxylic acids is 2. The summed E-state index contributed by atoms with van der Waals surface area (Å²) in [7, 11) is 0. The molecule has 0 saturated heterocycles. The lowest BCUT2D eigenvalue weighted by atomic mass is 10.0. The summed E-state index contributed by atoms with van der Waals surface area (Å²) in [5.74, 6) is -0.732. The van der Waals surface area contributed by atoms with Gasteiger partial charge in [-0.25, -0.2) is 9.97 Å². The van der Waals surface area contributed by atoms with Crippen molar-refractivity contribution >= 4 is 46.4 Å². The fourth-order valence-electron chi connectivity index (χ4n) is 3.57. The molecule has 7 nitrogen and oxygen atoms in total. The van der Waals surface area contributed by atoms with Crippen molar-refractivity contribution in [3.63, 3.8) is 0 Å². The fraction of sp³-hybridized carbons (Fsp3) is 0.238. The van der Waals surface area contributed by atoms with Gasteiger partial charge < -0.3 is 15.5 Å². The van der Waals surface area contributed by atoms with E-state index in [0.29, 0.717) is 32.8 Å². The van der Waals surface area contributed by atoms with Gasteiger partial charge in [-0.1, -0.05) is 23.7 Å². The molecule has 154 valence electrons. The summed E-state index contributed by atoms with van der Waals surface area (Å²) in [5, 5.41) is 21.6. The van der Waals surface area contributed by atoms with Gasteiger partial charge in [0.2, 0.25) is 0 Å². The molecule has 1 aromatic carbocycles. The number of hydrogen-bond acceptors (Lipinski definition) is 6. The molecule has 0 fully saturated rings. The summed E-state index contributed by atoms with van der Waals surface area (Å²) in [6, 6.07) is 8.69. The minimum Gasteiger partial charge on any atom is -0.481 e. The zero-order chi connectivity index (χ0) is 21.3. The number of benzene rings is 1. The first kappa shape index (κ1) is 20.3. The summed E-state index contributed by atoms with van der Waals surface area (Å²) in [5.41, 5.74) is 3.65. The van der Waals surface area contributed by atoms with Crippen molar-refractivity contribution in [3.8, 4) is 10.7 Å². The number of carboxylic acid groups (broad SMARTS) is 2. The van der Waals surface area contributed by atoms with Crippen LogP contribution in [0.25, 0.3) is 10.7 Å². The van der Waals surface area contributed by atoms with E-state index in [0.717, 1.165) is 35.4 Å². The molecule has 0 radical (unpaired) electrons. The second kappa shape index (κ2) is 8.41. The monoisotopic (exact) mass is 443 g/mol. The average Bonchev–Trinajstić information content (AvgIpc) is 3.31. The van der Waals surface area contributed by atoms with Crippen LogP contribution >= 0.6 is 22.9 Å². The van der Waals surface area contributed by atoms with E-state index in [-0.39, 0.29) is 12.8 Å². The van der Waals surface area contributed by atoms with Crippen LogP contribution in [0.2, 0.25) is 4.34 Å². The lowest BCUT2D eigenvalue weighted by Crippen LogP contribution is -2.09. The van der Waals surface area contributed by atoms with Gasteiger partial charge in [0.15, 0.2) is 5.82 Å². The quantitative estimate of drug-likeness (QED) is 0.497. The van der Waals surface area contributed by atoms with Gasteiger partial charge in [0.25, 0.3) is 0 Å². The number of fused-ring (bicyclic) bond motifs is 1. The van der Waals surface area contributed by atoms with Crippen LogP contribution in [0.15, 0.2) is 30.3 Å². The first-order valence-corrected chi connectivity index (χ1v) is 10.6. The topological polar surface area (TPSA) is 112 Å². The van der Waals surface area contributed by atoms with Crippen molar-refractivity contribution in [2.24, 2.45) is 0 Å². The van der Waals surface area contributed by atoms with Crippen LogP contribution in [0.3, 0.4) is 0 Å². The molecular weight excluding hydrogens is 426 g/mol. The second-order valence-corrected chi connectivity index (χ2v) is 8.75. The van der Waals surface area contributed by atoms with E-state index in [4.69, 9.17) is 26.7 Å². The SMILES string of the molecule is O=C(O)Cc1ccc(Nc2nc(-c3ccc(Cl)s3)nc3c2CCC3)c(CC(=O)O)c1. The van der Waals surface area contributed by atoms with Crippen LogP contribution in [-0.4, -0.2) is 32.1 Å². The Balaban J connectivity index is 1.74. The number of aromatic nitrogens is 2. The highest BCUT2D eigenvalue weighted by Crippen LogP contribution is 2.35. The Morgan fingerprint density at radius 1 is 1.07 bits per heavy atom. The van der Waals surface area contributed by atoms with Crippen LogP contribution in [0.5, 0.6) is 0 Å². The Labute approximate surface area is 181 Å². The number of nitrogens with zero attached hydrogens (tertiary/aromatic N) is 2. The molecule has 2 heterocycles. The maximum Gasteiger partial charge on any atom is 0.307 e. The molecule has 0 unspecified atom stereocenters. The van der Waals surface area contributed by atoms with Gasteiger partial charge in [-0.05, 0) is 48.6 Å². The first-order valence-electron chi connectivity index (χ1n) is 9.37. The highest BCUT2D eigenvalue weighted by Gasteiger charge is 2.21. The molecule has 3 N–H and O–H groups in total. The highest BCUT2D eigenvalue weighted by molar-refractivity contribution is 7.19. The van der Waals surface area contributed by atoms with Crippen LogP contribution in [0, 0.1) is 0 Å². The average molecular weight is 444 g/mol. The summed E-state index contributed by atoms with van der Waals surface area (Å²) in [6.07, 6.45) is 2.29. The normalized spacial score (nSPS) is 12.6. The summed E-state index contributed by atoms with van der Waals surface area (Å²) >= 11 is 7.47. The zero-order valence-electron chi connectivity index (χ0n) is 15.8. The molecule has 0 aliphatic heterocycles. The largest absolute Gasteiger partial charge is 0.481 e. The number of nitrogens with one attached hydrogen (secondary N) is 1. The van der Waals surface area contributed by atoms with E-state index in [1.54, 1.807) is 24.3 Å². The van der Waals surface area contributed by atoms with Crippen molar-refractivity contribution in [3.05, 3.63) is 57.1 Å². The number of carbonyl (C=O) groups is 2. The van der Waals surface area contributed by atoms with Crippen molar-refractivity contribution in [2.45, 2.75) is 32.1 Å².